The topological polar surface area (TPSA) is 151 Å². The number of nitrogens with two attached hydrogens (primary N) is 2. The van der Waals surface area contributed by atoms with E-state index in [0.29, 0.717) is 17.7 Å². The summed E-state index contributed by atoms with van der Waals surface area (Å²) in [6, 6.07) is 10.5. The minimum absolute atomic E-state index is 0.0671. The van der Waals surface area contributed by atoms with Gasteiger partial charge in [0.05, 0.1) is 11.8 Å². The van der Waals surface area contributed by atoms with Gasteiger partial charge in [0.1, 0.15) is 28.7 Å². The lowest BCUT2D eigenvalue weighted by atomic mass is 9.99. The summed E-state index contributed by atoms with van der Waals surface area (Å²) >= 11 is 0. The Morgan fingerprint density at radius 2 is 1.69 bits per heavy atom. The number of hydrogen-bond acceptors (Lipinski definition) is 6. The van der Waals surface area contributed by atoms with E-state index in [0.717, 1.165) is 30.0 Å². The molecule has 10 nitrogen and oxygen atoms in total. The van der Waals surface area contributed by atoms with Gasteiger partial charge in [-0.3, -0.25) is 19.1 Å². The number of amides is 2. The SMILES string of the molecule is CCn1cc(-c2cnc(N)c(-c3ccc(NC(=O)c4cn(C)c(C(N)=O)c(-c5ccc(F)cc5)c4=O)cc3F)c2)cn1. The number of carbonyl (C=O) groups excluding carboxylic acids is 2. The molecule has 5 N–H and O–H groups in total. The molecule has 0 aliphatic carbocycles. The second-order valence-electron chi connectivity index (χ2n) is 9.47. The summed E-state index contributed by atoms with van der Waals surface area (Å²) in [7, 11) is 1.44. The highest BCUT2D eigenvalue weighted by atomic mass is 19.1. The first-order valence-corrected chi connectivity index (χ1v) is 12.8. The van der Waals surface area contributed by atoms with Crippen molar-refractivity contribution in [3.8, 4) is 33.4 Å². The number of nitrogen functional groups attached to an aromatic ring is 1. The predicted octanol–water partition coefficient (Wildman–Crippen LogP) is 4.21. The Kier molecular flexibility index (Phi) is 7.36. The minimum Gasteiger partial charge on any atom is -0.383 e. The summed E-state index contributed by atoms with van der Waals surface area (Å²) in [6.07, 6.45) is 6.26. The summed E-state index contributed by atoms with van der Waals surface area (Å²) in [5.41, 5.74) is 12.4. The molecule has 2 amide bonds. The van der Waals surface area contributed by atoms with Gasteiger partial charge in [-0.05, 0) is 48.9 Å². The maximum Gasteiger partial charge on any atom is 0.266 e. The van der Waals surface area contributed by atoms with Gasteiger partial charge in [-0.15, -0.1) is 0 Å². The van der Waals surface area contributed by atoms with Gasteiger partial charge < -0.3 is 21.4 Å². The fourth-order valence-corrected chi connectivity index (χ4v) is 4.62. The maximum absolute atomic E-state index is 15.4. The number of hydrogen-bond donors (Lipinski definition) is 3. The van der Waals surface area contributed by atoms with E-state index in [1.165, 1.54) is 35.9 Å². The van der Waals surface area contributed by atoms with E-state index in [4.69, 9.17) is 11.5 Å². The van der Waals surface area contributed by atoms with Crippen LogP contribution in [0.5, 0.6) is 0 Å². The van der Waals surface area contributed by atoms with Gasteiger partial charge in [0.25, 0.3) is 11.8 Å². The lowest BCUT2D eigenvalue weighted by molar-refractivity contribution is 0.0986. The Hall–Kier alpha value is -5.65. The average molecular weight is 570 g/mol. The fourth-order valence-electron chi connectivity index (χ4n) is 4.62. The summed E-state index contributed by atoms with van der Waals surface area (Å²) in [6.45, 7) is 2.64. The molecule has 12 heteroatoms. The monoisotopic (exact) mass is 569 g/mol. The van der Waals surface area contributed by atoms with Gasteiger partial charge in [-0.25, -0.2) is 13.8 Å². The smallest absolute Gasteiger partial charge is 0.266 e. The summed E-state index contributed by atoms with van der Waals surface area (Å²) in [5.74, 6) is -2.88. The second kappa shape index (κ2) is 11.1. The van der Waals surface area contributed by atoms with Crippen molar-refractivity contribution in [2.45, 2.75) is 13.5 Å². The normalized spacial score (nSPS) is 11.0. The molecule has 0 fully saturated rings. The zero-order valence-corrected chi connectivity index (χ0v) is 22.6. The van der Waals surface area contributed by atoms with Crippen LogP contribution < -0.4 is 22.2 Å². The Balaban J connectivity index is 1.48. The molecule has 0 aliphatic rings. The van der Waals surface area contributed by atoms with Crippen molar-refractivity contribution in [1.82, 2.24) is 19.3 Å². The van der Waals surface area contributed by atoms with Crippen molar-refractivity contribution in [1.29, 1.82) is 0 Å². The predicted molar refractivity (Wildman–Crippen MR) is 154 cm³/mol. The number of benzene rings is 2. The fraction of sp³-hybridized carbons (Fsp3) is 0.100. The first-order chi connectivity index (χ1) is 20.1. The van der Waals surface area contributed by atoms with Gasteiger partial charge >= 0.3 is 0 Å². The minimum atomic E-state index is -0.907. The molecule has 0 bridgehead atoms. The first kappa shape index (κ1) is 27.9. The van der Waals surface area contributed by atoms with Crippen molar-refractivity contribution in [2.24, 2.45) is 12.8 Å². The van der Waals surface area contributed by atoms with E-state index in [-0.39, 0.29) is 39.5 Å². The van der Waals surface area contributed by atoms with Crippen LogP contribution in [-0.4, -0.2) is 31.1 Å². The lowest BCUT2D eigenvalue weighted by Gasteiger charge is -2.15. The Bertz CT molecular complexity index is 1910. The van der Waals surface area contributed by atoms with Crippen LogP contribution in [0, 0.1) is 11.6 Å². The third-order valence-electron chi connectivity index (χ3n) is 6.72. The molecule has 0 spiro atoms. The average Bonchev–Trinajstić information content (AvgIpc) is 3.44. The van der Waals surface area contributed by atoms with Gasteiger partial charge in [0.2, 0.25) is 5.43 Å². The van der Waals surface area contributed by atoms with E-state index in [9.17, 15) is 18.8 Å². The van der Waals surface area contributed by atoms with Gasteiger partial charge in [-0.2, -0.15) is 5.10 Å². The van der Waals surface area contributed by atoms with Gasteiger partial charge in [0.15, 0.2) is 0 Å². The number of pyridine rings is 2. The Morgan fingerprint density at radius 3 is 2.33 bits per heavy atom. The number of primary amides is 1. The third-order valence-corrected chi connectivity index (χ3v) is 6.72. The molecule has 5 aromatic rings. The van der Waals surface area contributed by atoms with E-state index in [1.54, 1.807) is 23.1 Å². The molecule has 212 valence electrons. The number of carbonyl (C=O) groups is 2. The van der Waals surface area contributed by atoms with Crippen LogP contribution in [0.15, 0.2) is 78.1 Å². The largest absolute Gasteiger partial charge is 0.383 e. The van der Waals surface area contributed by atoms with Crippen molar-refractivity contribution in [3.05, 3.63) is 106 Å². The molecule has 3 aromatic heterocycles. The Morgan fingerprint density at radius 1 is 0.952 bits per heavy atom. The molecular weight excluding hydrogens is 544 g/mol. The molecular formula is C30H25F2N7O3. The van der Waals surface area contributed by atoms with Crippen molar-refractivity contribution < 1.29 is 18.4 Å². The first-order valence-electron chi connectivity index (χ1n) is 12.8. The van der Waals surface area contributed by atoms with Crippen LogP contribution in [0.3, 0.4) is 0 Å². The van der Waals surface area contributed by atoms with Crippen LogP contribution in [0.1, 0.15) is 27.8 Å². The van der Waals surface area contributed by atoms with E-state index in [1.807, 2.05) is 13.1 Å². The summed E-state index contributed by atoms with van der Waals surface area (Å²) < 4.78 is 31.9. The molecule has 0 atom stereocenters. The number of nitrogens with zero attached hydrogens (tertiary/aromatic N) is 4. The molecule has 0 saturated heterocycles. The quantitative estimate of drug-likeness (QED) is 0.267. The van der Waals surface area contributed by atoms with Crippen molar-refractivity contribution in [2.75, 3.05) is 11.1 Å². The zero-order chi connectivity index (χ0) is 30.1. The van der Waals surface area contributed by atoms with Crippen LogP contribution in [0.4, 0.5) is 20.3 Å². The second-order valence-corrected chi connectivity index (χ2v) is 9.47. The third kappa shape index (κ3) is 5.24. The molecule has 5 rings (SSSR count). The van der Waals surface area contributed by atoms with Gasteiger partial charge in [0, 0.05) is 60.1 Å². The number of nitrogens with one attached hydrogen (secondary N) is 1. The molecule has 42 heavy (non-hydrogen) atoms. The lowest BCUT2D eigenvalue weighted by Crippen LogP contribution is -2.29. The number of halogens is 2. The maximum atomic E-state index is 15.4. The molecule has 3 heterocycles. The van der Waals surface area contributed by atoms with Crippen LogP contribution in [0.25, 0.3) is 33.4 Å². The number of rotatable bonds is 7. The van der Waals surface area contributed by atoms with Crippen molar-refractivity contribution >= 4 is 23.3 Å². The van der Waals surface area contributed by atoms with Crippen LogP contribution in [-0.2, 0) is 13.6 Å². The molecule has 0 radical (unpaired) electrons. The highest BCUT2D eigenvalue weighted by Crippen LogP contribution is 2.32. The molecule has 0 unspecified atom stereocenters. The summed E-state index contributed by atoms with van der Waals surface area (Å²) in [4.78, 5) is 43.0. The number of aromatic nitrogens is 4. The highest BCUT2D eigenvalue weighted by Gasteiger charge is 2.23. The van der Waals surface area contributed by atoms with Crippen LogP contribution in [0.2, 0.25) is 0 Å². The van der Waals surface area contributed by atoms with E-state index >= 15 is 4.39 Å². The van der Waals surface area contributed by atoms with E-state index in [2.05, 4.69) is 15.4 Å². The van der Waals surface area contributed by atoms with Crippen molar-refractivity contribution in [3.63, 3.8) is 0 Å². The highest BCUT2D eigenvalue weighted by molar-refractivity contribution is 6.06. The van der Waals surface area contributed by atoms with Crippen LogP contribution >= 0.6 is 0 Å². The standard InChI is InChI=1S/C30H25F2N7O3/c1-3-39-14-18(13-36-39)17-10-22(28(33)35-12-17)21-9-8-20(11-24(21)32)37-30(42)23-15-38(2)26(29(34)41)25(27(23)40)16-4-6-19(31)7-5-16/h4-15H,3H2,1-2H3,(H2,33,35)(H2,34,41)(H,37,42). The van der Waals surface area contributed by atoms with E-state index < -0.39 is 28.9 Å². The molecule has 0 aliphatic heterocycles. The summed E-state index contributed by atoms with van der Waals surface area (Å²) in [5, 5.41) is 6.77. The van der Waals surface area contributed by atoms with Gasteiger partial charge in [-0.1, -0.05) is 12.1 Å². The Labute approximate surface area is 238 Å². The molecule has 0 saturated carbocycles. The number of aryl methyl sites for hydroxylation is 2. The zero-order valence-electron chi connectivity index (χ0n) is 22.6. The number of anilines is 2. The molecule has 2 aromatic carbocycles.